The fourth-order valence-electron chi connectivity index (χ4n) is 1.67. The van der Waals surface area contributed by atoms with Gasteiger partial charge in [0.2, 0.25) is 0 Å². The van der Waals surface area contributed by atoms with E-state index in [4.69, 9.17) is 0 Å². The van der Waals surface area contributed by atoms with E-state index in [1.54, 1.807) is 0 Å². The number of aromatic nitrogens is 1. The van der Waals surface area contributed by atoms with Gasteiger partial charge in [0.15, 0.2) is 0 Å². The molecule has 0 aliphatic heterocycles. The molecule has 78 valence electrons. The second kappa shape index (κ2) is 4.04. The van der Waals surface area contributed by atoms with Gasteiger partial charge < -0.3 is 4.57 Å². The predicted octanol–water partition coefficient (Wildman–Crippen LogP) is 3.97. The molecule has 0 aliphatic carbocycles. The van der Waals surface area contributed by atoms with Crippen LogP contribution in [-0.4, -0.2) is 4.57 Å². The molecule has 0 N–H and O–H groups in total. The Bertz CT molecular complexity index is 323. The molecular weight excluding hydrogens is 170 g/mol. The summed E-state index contributed by atoms with van der Waals surface area (Å²) in [5.74, 6) is 0. The van der Waals surface area contributed by atoms with Gasteiger partial charge in [0.05, 0.1) is 0 Å². The molecule has 0 aliphatic rings. The average Bonchev–Trinajstić information content (AvgIpc) is 2.42. The first-order valence-corrected chi connectivity index (χ1v) is 5.31. The zero-order chi connectivity index (χ0) is 10.8. The molecule has 0 atom stereocenters. The molecule has 0 bridgehead atoms. The summed E-state index contributed by atoms with van der Waals surface area (Å²) in [6, 6.07) is 2.19. The zero-order valence-electron chi connectivity index (χ0n) is 9.96. The number of hydrogen-bond donors (Lipinski definition) is 0. The Morgan fingerprint density at radius 1 is 1.36 bits per heavy atom. The third-order valence-corrected chi connectivity index (χ3v) is 2.44. The highest BCUT2D eigenvalue weighted by Crippen LogP contribution is 2.21. The summed E-state index contributed by atoms with van der Waals surface area (Å²) in [5.41, 5.74) is 2.87. The second-order valence-electron chi connectivity index (χ2n) is 4.71. The van der Waals surface area contributed by atoms with Gasteiger partial charge in [-0.2, -0.15) is 0 Å². The van der Waals surface area contributed by atoms with Crippen LogP contribution in [0.15, 0.2) is 18.3 Å². The van der Waals surface area contributed by atoms with Crippen molar-refractivity contribution < 1.29 is 0 Å². The average molecular weight is 191 g/mol. The van der Waals surface area contributed by atoms with Crippen LogP contribution < -0.4 is 0 Å². The van der Waals surface area contributed by atoms with E-state index >= 15 is 0 Å². The molecule has 0 aromatic carbocycles. The van der Waals surface area contributed by atoms with Gasteiger partial charge in [-0.25, -0.2) is 0 Å². The fourth-order valence-corrected chi connectivity index (χ4v) is 1.67. The highest BCUT2D eigenvalue weighted by Gasteiger charge is 2.15. The van der Waals surface area contributed by atoms with Gasteiger partial charge in [-0.05, 0) is 45.7 Å². The highest BCUT2D eigenvalue weighted by molar-refractivity contribution is 5.52. The summed E-state index contributed by atoms with van der Waals surface area (Å²) in [6.45, 7) is 11.0. The minimum Gasteiger partial charge on any atom is -0.346 e. The molecule has 0 saturated carbocycles. The number of nitrogens with zero attached hydrogens (tertiary/aromatic N) is 1. The van der Waals surface area contributed by atoms with Crippen molar-refractivity contribution in [1.29, 1.82) is 0 Å². The Morgan fingerprint density at radius 2 is 2.00 bits per heavy atom. The number of rotatable bonds is 2. The highest BCUT2D eigenvalue weighted by atomic mass is 15.0. The van der Waals surface area contributed by atoms with Crippen LogP contribution in [0.4, 0.5) is 0 Å². The van der Waals surface area contributed by atoms with Crippen molar-refractivity contribution in [1.82, 2.24) is 4.57 Å². The Hall–Kier alpha value is -0.980. The van der Waals surface area contributed by atoms with Crippen LogP contribution in [0.2, 0.25) is 0 Å². The summed E-state index contributed by atoms with van der Waals surface area (Å²) in [5, 5.41) is 0. The zero-order valence-corrected chi connectivity index (χ0v) is 9.96. The van der Waals surface area contributed by atoms with Crippen LogP contribution in [0.25, 0.3) is 6.08 Å². The van der Waals surface area contributed by atoms with Crippen molar-refractivity contribution in [2.75, 3.05) is 0 Å². The Kier molecular flexibility index (Phi) is 3.20. The molecule has 0 amide bonds. The van der Waals surface area contributed by atoms with Gasteiger partial charge in [0.1, 0.15) is 0 Å². The van der Waals surface area contributed by atoms with E-state index in [1.165, 1.54) is 11.3 Å². The van der Waals surface area contributed by atoms with E-state index in [9.17, 15) is 0 Å². The lowest BCUT2D eigenvalue weighted by molar-refractivity contribution is 0.390. The van der Waals surface area contributed by atoms with Crippen LogP contribution in [0, 0.1) is 6.92 Å². The third-order valence-electron chi connectivity index (χ3n) is 2.44. The molecular formula is C13H21N. The first-order chi connectivity index (χ1) is 6.46. The molecule has 1 aromatic heterocycles. The molecule has 0 radical (unpaired) electrons. The van der Waals surface area contributed by atoms with Crippen LogP contribution in [0.5, 0.6) is 0 Å². The Morgan fingerprint density at radius 3 is 2.43 bits per heavy atom. The predicted molar refractivity (Wildman–Crippen MR) is 63.5 cm³/mol. The minimum atomic E-state index is 0.183. The van der Waals surface area contributed by atoms with Gasteiger partial charge >= 0.3 is 0 Å². The molecule has 1 nitrogen and oxygen atoms in total. The van der Waals surface area contributed by atoms with Crippen molar-refractivity contribution in [3.8, 4) is 0 Å². The molecule has 1 aromatic rings. The molecule has 0 saturated heterocycles. The van der Waals surface area contributed by atoms with Gasteiger partial charge in [0, 0.05) is 17.4 Å². The summed E-state index contributed by atoms with van der Waals surface area (Å²) >= 11 is 0. The van der Waals surface area contributed by atoms with Crippen molar-refractivity contribution in [3.05, 3.63) is 29.6 Å². The second-order valence-corrected chi connectivity index (χ2v) is 4.71. The van der Waals surface area contributed by atoms with E-state index in [0.717, 1.165) is 6.42 Å². The lowest BCUT2D eigenvalue weighted by Crippen LogP contribution is -2.21. The minimum absolute atomic E-state index is 0.183. The quantitative estimate of drug-likeness (QED) is 0.666. The van der Waals surface area contributed by atoms with Crippen LogP contribution in [0.3, 0.4) is 0 Å². The standard InChI is InChI=1S/C13H21N/c1-6-7-8-12-9-10-14(11(12)2)13(3,4)5/h7-10H,6H2,1-5H3/b8-7-. The summed E-state index contributed by atoms with van der Waals surface area (Å²) in [4.78, 5) is 0. The van der Waals surface area contributed by atoms with E-state index in [-0.39, 0.29) is 5.54 Å². The molecule has 1 heterocycles. The molecule has 14 heavy (non-hydrogen) atoms. The number of allylic oxidation sites excluding steroid dienone is 1. The normalized spacial score (nSPS) is 12.6. The van der Waals surface area contributed by atoms with Gasteiger partial charge in [-0.15, -0.1) is 0 Å². The van der Waals surface area contributed by atoms with E-state index in [2.05, 4.69) is 63.6 Å². The summed E-state index contributed by atoms with van der Waals surface area (Å²) in [6.07, 6.45) is 7.68. The Balaban J connectivity index is 3.03. The van der Waals surface area contributed by atoms with Crippen LogP contribution in [0.1, 0.15) is 45.4 Å². The molecule has 1 rings (SSSR count). The van der Waals surface area contributed by atoms with Crippen molar-refractivity contribution in [2.24, 2.45) is 0 Å². The smallest absolute Gasteiger partial charge is 0.0358 e. The van der Waals surface area contributed by atoms with Crippen molar-refractivity contribution >= 4 is 6.08 Å². The SMILES string of the molecule is CC/C=C\c1ccn(C(C)(C)C)c1C. The molecule has 1 heteroatoms. The van der Waals surface area contributed by atoms with E-state index in [1.807, 2.05) is 0 Å². The largest absolute Gasteiger partial charge is 0.346 e. The topological polar surface area (TPSA) is 4.93 Å². The van der Waals surface area contributed by atoms with Crippen molar-refractivity contribution in [3.63, 3.8) is 0 Å². The van der Waals surface area contributed by atoms with Gasteiger partial charge in [0.25, 0.3) is 0 Å². The van der Waals surface area contributed by atoms with Crippen LogP contribution >= 0.6 is 0 Å². The van der Waals surface area contributed by atoms with Gasteiger partial charge in [-0.3, -0.25) is 0 Å². The lowest BCUT2D eigenvalue weighted by atomic mass is 10.1. The monoisotopic (exact) mass is 191 g/mol. The lowest BCUT2D eigenvalue weighted by Gasteiger charge is -2.23. The maximum atomic E-state index is 2.32. The molecule has 0 fully saturated rings. The number of hydrogen-bond acceptors (Lipinski definition) is 0. The Labute approximate surface area is 87.4 Å². The molecule has 0 spiro atoms. The van der Waals surface area contributed by atoms with E-state index < -0.39 is 0 Å². The van der Waals surface area contributed by atoms with Crippen molar-refractivity contribution in [2.45, 2.75) is 46.6 Å². The fraction of sp³-hybridized carbons (Fsp3) is 0.538. The van der Waals surface area contributed by atoms with Crippen LogP contribution in [-0.2, 0) is 5.54 Å². The third kappa shape index (κ3) is 2.28. The maximum Gasteiger partial charge on any atom is 0.0358 e. The summed E-state index contributed by atoms with van der Waals surface area (Å²) in [7, 11) is 0. The summed E-state index contributed by atoms with van der Waals surface area (Å²) < 4.78 is 2.32. The first kappa shape index (κ1) is 11.1. The maximum absolute atomic E-state index is 2.32. The molecule has 0 unspecified atom stereocenters. The van der Waals surface area contributed by atoms with Gasteiger partial charge in [-0.1, -0.05) is 19.1 Å². The van der Waals surface area contributed by atoms with E-state index in [0.29, 0.717) is 0 Å². The first-order valence-electron chi connectivity index (χ1n) is 5.31.